The van der Waals surface area contributed by atoms with E-state index in [9.17, 15) is 13.2 Å². The number of rotatable bonds is 3. The van der Waals surface area contributed by atoms with Gasteiger partial charge in [-0.1, -0.05) is 47.0 Å². The highest BCUT2D eigenvalue weighted by molar-refractivity contribution is 5.11. The fourth-order valence-electron chi connectivity index (χ4n) is 2.07. The maximum Gasteiger partial charge on any atom is 0.379 e. The second-order valence-corrected chi connectivity index (χ2v) is 4.56. The van der Waals surface area contributed by atoms with Gasteiger partial charge in [-0.25, -0.2) is 9.97 Å². The van der Waals surface area contributed by atoms with Gasteiger partial charge >= 0.3 is 6.68 Å². The number of aromatic nitrogens is 2. The van der Waals surface area contributed by atoms with E-state index in [1.165, 1.54) is 32.1 Å². The first-order valence-corrected chi connectivity index (χ1v) is 8.41. The summed E-state index contributed by atoms with van der Waals surface area (Å²) in [5.41, 5.74) is 0.962. The van der Waals surface area contributed by atoms with Crippen LogP contribution in [-0.2, 0) is 0 Å². The molecule has 136 valence electrons. The summed E-state index contributed by atoms with van der Waals surface area (Å²) < 4.78 is 34.7. The zero-order valence-electron chi connectivity index (χ0n) is 15.0. The van der Waals surface area contributed by atoms with E-state index in [0.717, 1.165) is 18.2 Å². The molecule has 0 aromatic carbocycles. The number of alkyl halides is 3. The van der Waals surface area contributed by atoms with E-state index in [2.05, 4.69) is 9.97 Å². The molecule has 1 heterocycles. The van der Waals surface area contributed by atoms with E-state index in [-0.39, 0.29) is 0 Å². The van der Waals surface area contributed by atoms with E-state index < -0.39 is 6.68 Å². The molecule has 0 bridgehead atoms. The van der Waals surface area contributed by atoms with Gasteiger partial charge in [0.25, 0.3) is 0 Å². The van der Waals surface area contributed by atoms with E-state index in [1.807, 2.05) is 40.7 Å². The molecule has 0 aliphatic heterocycles. The summed E-state index contributed by atoms with van der Waals surface area (Å²) in [5.74, 6) is 1.45. The van der Waals surface area contributed by atoms with Crippen molar-refractivity contribution in [1.29, 1.82) is 0 Å². The van der Waals surface area contributed by atoms with Crippen LogP contribution >= 0.6 is 0 Å². The highest BCUT2D eigenvalue weighted by Gasteiger charge is 2.14. The first-order valence-electron chi connectivity index (χ1n) is 8.41. The van der Waals surface area contributed by atoms with Gasteiger partial charge in [-0.3, -0.25) is 0 Å². The van der Waals surface area contributed by atoms with Gasteiger partial charge in [0.15, 0.2) is 0 Å². The summed E-state index contributed by atoms with van der Waals surface area (Å²) in [4.78, 5) is 8.13. The molecule has 3 nitrogen and oxygen atoms in total. The summed E-state index contributed by atoms with van der Waals surface area (Å²) in [6.07, 6.45) is 8.29. The van der Waals surface area contributed by atoms with Gasteiger partial charge in [0.1, 0.15) is 6.33 Å². The molecule has 1 saturated carbocycles. The predicted molar refractivity (Wildman–Crippen MR) is 88.6 cm³/mol. The minimum Gasteiger partial charge on any atom is -0.477 e. The van der Waals surface area contributed by atoms with Crippen molar-refractivity contribution in [3.05, 3.63) is 18.1 Å². The van der Waals surface area contributed by atoms with Crippen LogP contribution in [0.5, 0.6) is 5.88 Å². The molecule has 0 saturated heterocycles. The molecule has 1 aromatic heterocycles. The molecule has 1 fully saturated rings. The Bertz CT molecular complexity index is 357. The largest absolute Gasteiger partial charge is 0.477 e. The van der Waals surface area contributed by atoms with E-state index in [0.29, 0.717) is 5.88 Å². The molecule has 6 heteroatoms. The van der Waals surface area contributed by atoms with Crippen LogP contribution in [0.1, 0.15) is 65.5 Å². The molecule has 1 aliphatic carbocycles. The summed E-state index contributed by atoms with van der Waals surface area (Å²) in [6, 6.07) is 1.89. The van der Waals surface area contributed by atoms with Crippen LogP contribution in [0.4, 0.5) is 13.2 Å². The lowest BCUT2D eigenvalue weighted by atomic mass is 9.90. The normalized spacial score (nSPS) is 13.6. The fraction of sp³-hybridized carbons (Fsp3) is 0.765. The Labute approximate surface area is 138 Å². The Hall–Kier alpha value is -1.33. The van der Waals surface area contributed by atoms with Crippen LogP contribution in [0.3, 0.4) is 0 Å². The first kappa shape index (κ1) is 23.9. The summed E-state index contributed by atoms with van der Waals surface area (Å²) in [6.45, 7) is 7.10. The Kier molecular flexibility index (Phi) is 17.7. The third-order valence-electron chi connectivity index (χ3n) is 2.97. The smallest absolute Gasteiger partial charge is 0.379 e. The molecule has 0 unspecified atom stereocenters. The molecular formula is C17H31F3N2O. The molecule has 2 rings (SSSR count). The van der Waals surface area contributed by atoms with Crippen molar-refractivity contribution in [3.63, 3.8) is 0 Å². The number of ether oxygens (including phenoxy) is 1. The maximum atomic E-state index is 9.67. The highest BCUT2D eigenvalue weighted by atomic mass is 19.4. The molecule has 0 spiro atoms. The zero-order chi connectivity index (χ0) is 18.1. The van der Waals surface area contributed by atoms with Crippen LogP contribution in [0.2, 0.25) is 0 Å². The second-order valence-electron chi connectivity index (χ2n) is 4.56. The highest BCUT2D eigenvalue weighted by Crippen LogP contribution is 2.24. The van der Waals surface area contributed by atoms with Crippen LogP contribution in [0.15, 0.2) is 12.4 Å². The predicted octanol–water partition coefficient (Wildman–Crippen LogP) is 5.98. The molecular weight excluding hydrogens is 305 g/mol. The average molecular weight is 336 g/mol. The molecule has 1 aromatic rings. The lowest BCUT2D eigenvalue weighted by molar-refractivity contribution is 0.00819. The Morgan fingerprint density at radius 1 is 1.04 bits per heavy atom. The number of hydrogen-bond acceptors (Lipinski definition) is 3. The number of halogens is 3. The van der Waals surface area contributed by atoms with Crippen molar-refractivity contribution in [3.8, 4) is 5.88 Å². The van der Waals surface area contributed by atoms with Gasteiger partial charge in [-0.05, 0) is 25.7 Å². The minimum absolute atomic E-state index is 0.716. The second kappa shape index (κ2) is 17.0. The van der Waals surface area contributed by atoms with Crippen LogP contribution in [0, 0.1) is 12.8 Å². The third kappa shape index (κ3) is 15.3. The Morgan fingerprint density at radius 3 is 2.04 bits per heavy atom. The van der Waals surface area contributed by atoms with E-state index >= 15 is 0 Å². The van der Waals surface area contributed by atoms with Gasteiger partial charge in [0, 0.05) is 11.8 Å². The van der Waals surface area contributed by atoms with Gasteiger partial charge < -0.3 is 4.74 Å². The fourth-order valence-corrected chi connectivity index (χ4v) is 2.07. The van der Waals surface area contributed by atoms with Crippen molar-refractivity contribution in [2.24, 2.45) is 5.92 Å². The van der Waals surface area contributed by atoms with Gasteiger partial charge in [-0.15, -0.1) is 0 Å². The van der Waals surface area contributed by atoms with Crippen molar-refractivity contribution in [2.75, 3.05) is 6.61 Å². The molecule has 0 N–H and O–H groups in total. The molecule has 0 amide bonds. The first-order chi connectivity index (χ1) is 11.1. The minimum atomic E-state index is -3.67. The molecule has 0 radical (unpaired) electrons. The van der Waals surface area contributed by atoms with Crippen LogP contribution < -0.4 is 4.74 Å². The molecule has 1 aliphatic rings. The van der Waals surface area contributed by atoms with Gasteiger partial charge in [0.05, 0.1) is 6.61 Å². The quantitative estimate of drug-likeness (QED) is 0.681. The van der Waals surface area contributed by atoms with Crippen molar-refractivity contribution in [1.82, 2.24) is 9.97 Å². The van der Waals surface area contributed by atoms with E-state index in [4.69, 9.17) is 4.74 Å². The summed E-state index contributed by atoms with van der Waals surface area (Å²) in [5, 5.41) is 0. The lowest BCUT2D eigenvalue weighted by Crippen LogP contribution is -2.15. The molecule has 0 atom stereocenters. The monoisotopic (exact) mass is 336 g/mol. The Balaban J connectivity index is 0. The number of nitrogens with zero attached hydrogens (tertiary/aromatic N) is 2. The molecule has 23 heavy (non-hydrogen) atoms. The maximum absolute atomic E-state index is 9.67. The Morgan fingerprint density at radius 2 is 1.57 bits per heavy atom. The topological polar surface area (TPSA) is 35.0 Å². The zero-order valence-corrected chi connectivity index (χ0v) is 15.0. The number of hydrogen-bond donors (Lipinski definition) is 0. The van der Waals surface area contributed by atoms with Gasteiger partial charge in [0.2, 0.25) is 5.88 Å². The van der Waals surface area contributed by atoms with Crippen molar-refractivity contribution < 1.29 is 17.9 Å². The standard InChI is InChI=1S/C12H18N2O.2C2H6.CHF3/c1-10-7-12(14-9-13-10)15-8-11-5-3-2-4-6-11;2*1-2;2-1(3)4/h7,9,11H,2-6,8H2,1H3;2*1-2H3;1H. The SMILES string of the molecule is CC.CC.Cc1cc(OCC2CCCCC2)ncn1.FC(F)F. The van der Waals surface area contributed by atoms with Crippen molar-refractivity contribution >= 4 is 0 Å². The average Bonchev–Trinajstić information content (AvgIpc) is 2.57. The van der Waals surface area contributed by atoms with E-state index in [1.54, 1.807) is 6.33 Å². The van der Waals surface area contributed by atoms with Gasteiger partial charge in [-0.2, -0.15) is 13.2 Å². The summed E-state index contributed by atoms with van der Waals surface area (Å²) >= 11 is 0. The van der Waals surface area contributed by atoms with Crippen molar-refractivity contribution in [2.45, 2.75) is 73.4 Å². The third-order valence-corrected chi connectivity index (χ3v) is 2.97. The number of aryl methyl sites for hydroxylation is 1. The van der Waals surface area contributed by atoms with Crippen LogP contribution in [0.25, 0.3) is 0 Å². The summed E-state index contributed by atoms with van der Waals surface area (Å²) in [7, 11) is 0. The lowest BCUT2D eigenvalue weighted by Gasteiger charge is -2.21. The van der Waals surface area contributed by atoms with Crippen LogP contribution in [-0.4, -0.2) is 23.3 Å².